The van der Waals surface area contributed by atoms with Crippen LogP contribution in [0.4, 0.5) is 4.79 Å². The molecule has 0 bridgehead atoms. The SMILES string of the molecule is CCc1nc(CNC(=O)N2CCC(Cn3cncn3)CC2)cs1. The lowest BCUT2D eigenvalue weighted by molar-refractivity contribution is 0.164. The van der Waals surface area contributed by atoms with E-state index in [1.54, 1.807) is 24.0 Å². The van der Waals surface area contributed by atoms with Crippen LogP contribution in [0.25, 0.3) is 0 Å². The third kappa shape index (κ3) is 4.28. The summed E-state index contributed by atoms with van der Waals surface area (Å²) in [4.78, 5) is 22.6. The van der Waals surface area contributed by atoms with Crippen molar-refractivity contribution >= 4 is 17.4 Å². The molecule has 1 fully saturated rings. The Morgan fingerprint density at radius 1 is 1.43 bits per heavy atom. The molecule has 0 atom stereocenters. The maximum atomic E-state index is 12.2. The number of nitrogens with zero attached hydrogens (tertiary/aromatic N) is 5. The van der Waals surface area contributed by atoms with E-state index in [-0.39, 0.29) is 6.03 Å². The summed E-state index contributed by atoms with van der Waals surface area (Å²) >= 11 is 1.65. The van der Waals surface area contributed by atoms with E-state index >= 15 is 0 Å². The molecule has 1 aliphatic heterocycles. The van der Waals surface area contributed by atoms with Crippen LogP contribution < -0.4 is 5.32 Å². The van der Waals surface area contributed by atoms with Crippen molar-refractivity contribution in [3.05, 3.63) is 28.7 Å². The molecule has 23 heavy (non-hydrogen) atoms. The van der Waals surface area contributed by atoms with Crippen LogP contribution in [0.1, 0.15) is 30.5 Å². The number of hydrogen-bond acceptors (Lipinski definition) is 5. The molecule has 0 aromatic carbocycles. The van der Waals surface area contributed by atoms with Crippen molar-refractivity contribution in [2.75, 3.05) is 13.1 Å². The maximum absolute atomic E-state index is 12.2. The minimum Gasteiger partial charge on any atom is -0.332 e. The third-order valence-electron chi connectivity index (χ3n) is 4.14. The Morgan fingerprint density at radius 3 is 2.91 bits per heavy atom. The van der Waals surface area contributed by atoms with Crippen LogP contribution >= 0.6 is 11.3 Å². The van der Waals surface area contributed by atoms with Crippen LogP contribution in [-0.2, 0) is 19.5 Å². The van der Waals surface area contributed by atoms with E-state index < -0.39 is 0 Å². The minimum absolute atomic E-state index is 0.00949. The van der Waals surface area contributed by atoms with Gasteiger partial charge in [0, 0.05) is 25.0 Å². The van der Waals surface area contributed by atoms with Crippen LogP contribution in [0.3, 0.4) is 0 Å². The number of amides is 2. The van der Waals surface area contributed by atoms with Gasteiger partial charge in [-0.05, 0) is 25.2 Å². The highest BCUT2D eigenvalue weighted by Crippen LogP contribution is 2.19. The molecule has 2 aromatic heterocycles. The molecule has 0 spiro atoms. The number of carbonyl (C=O) groups excluding carboxylic acids is 1. The number of urea groups is 1. The lowest BCUT2D eigenvalue weighted by Gasteiger charge is -2.31. The highest BCUT2D eigenvalue weighted by molar-refractivity contribution is 7.09. The second-order valence-electron chi connectivity index (χ2n) is 5.79. The van der Waals surface area contributed by atoms with Gasteiger partial charge in [0.25, 0.3) is 0 Å². The molecule has 0 unspecified atom stereocenters. The number of aromatic nitrogens is 4. The highest BCUT2D eigenvalue weighted by atomic mass is 32.1. The Balaban J connectivity index is 1.41. The summed E-state index contributed by atoms with van der Waals surface area (Å²) in [6.45, 7) is 5.07. The molecule has 1 N–H and O–H groups in total. The van der Waals surface area contributed by atoms with Crippen molar-refractivity contribution < 1.29 is 4.79 Å². The molecule has 1 saturated heterocycles. The number of likely N-dealkylation sites (tertiary alicyclic amines) is 1. The van der Waals surface area contributed by atoms with Gasteiger partial charge in [-0.3, -0.25) is 4.68 Å². The van der Waals surface area contributed by atoms with E-state index in [4.69, 9.17) is 0 Å². The van der Waals surface area contributed by atoms with E-state index in [1.165, 1.54) is 0 Å². The fraction of sp³-hybridized carbons (Fsp3) is 0.600. The average molecular weight is 334 g/mol. The van der Waals surface area contributed by atoms with Crippen molar-refractivity contribution in [1.82, 2.24) is 30.0 Å². The normalized spacial score (nSPS) is 15.8. The van der Waals surface area contributed by atoms with Gasteiger partial charge < -0.3 is 10.2 Å². The van der Waals surface area contributed by atoms with Gasteiger partial charge in [-0.2, -0.15) is 5.10 Å². The van der Waals surface area contributed by atoms with Crippen molar-refractivity contribution in [2.45, 2.75) is 39.3 Å². The van der Waals surface area contributed by atoms with Gasteiger partial charge in [-0.1, -0.05) is 6.92 Å². The third-order valence-corrected chi connectivity index (χ3v) is 5.18. The molecule has 2 amide bonds. The molecule has 1 aliphatic rings. The Hall–Kier alpha value is -1.96. The van der Waals surface area contributed by atoms with Gasteiger partial charge in [0.1, 0.15) is 12.7 Å². The van der Waals surface area contributed by atoms with Crippen LogP contribution in [-0.4, -0.2) is 43.8 Å². The molecular formula is C15H22N6OS. The predicted octanol–water partition coefficient (Wildman–Crippen LogP) is 1.92. The summed E-state index contributed by atoms with van der Waals surface area (Å²) < 4.78 is 1.87. The van der Waals surface area contributed by atoms with Crippen LogP contribution in [0, 0.1) is 5.92 Å². The monoisotopic (exact) mass is 334 g/mol. The van der Waals surface area contributed by atoms with Crippen molar-refractivity contribution in [2.24, 2.45) is 5.92 Å². The molecule has 0 aliphatic carbocycles. The quantitative estimate of drug-likeness (QED) is 0.906. The van der Waals surface area contributed by atoms with E-state index in [1.807, 2.05) is 15.0 Å². The summed E-state index contributed by atoms with van der Waals surface area (Å²) in [5.74, 6) is 0.561. The fourth-order valence-electron chi connectivity index (χ4n) is 2.78. The van der Waals surface area contributed by atoms with Gasteiger partial charge in [-0.15, -0.1) is 11.3 Å². The number of aryl methyl sites for hydroxylation is 1. The number of carbonyl (C=O) groups is 1. The first-order valence-electron chi connectivity index (χ1n) is 8.03. The number of thiazole rings is 1. The van der Waals surface area contributed by atoms with E-state index in [2.05, 4.69) is 27.3 Å². The minimum atomic E-state index is 0.00949. The summed E-state index contributed by atoms with van der Waals surface area (Å²) in [7, 11) is 0. The van der Waals surface area contributed by atoms with Gasteiger partial charge in [0.15, 0.2) is 0 Å². The van der Waals surface area contributed by atoms with Crippen LogP contribution in [0.5, 0.6) is 0 Å². The molecule has 2 aromatic rings. The van der Waals surface area contributed by atoms with E-state index in [0.717, 1.165) is 49.6 Å². The standard InChI is InChI=1S/C15H22N6OS/c1-2-14-19-13(9-23-14)7-17-15(22)20-5-3-12(4-6-20)8-21-11-16-10-18-21/h9-12H,2-8H2,1H3,(H,17,22). The summed E-state index contributed by atoms with van der Waals surface area (Å²) in [5, 5.41) is 10.2. The average Bonchev–Trinajstić information content (AvgIpc) is 3.24. The first-order chi connectivity index (χ1) is 11.2. The zero-order valence-corrected chi connectivity index (χ0v) is 14.1. The first-order valence-corrected chi connectivity index (χ1v) is 8.91. The van der Waals surface area contributed by atoms with Crippen molar-refractivity contribution in [3.63, 3.8) is 0 Å². The molecule has 0 radical (unpaired) electrons. The molecule has 0 saturated carbocycles. The van der Waals surface area contributed by atoms with Crippen LogP contribution in [0.2, 0.25) is 0 Å². The lowest BCUT2D eigenvalue weighted by Crippen LogP contribution is -2.44. The molecule has 3 heterocycles. The number of rotatable bonds is 5. The summed E-state index contributed by atoms with van der Waals surface area (Å²) in [6.07, 6.45) is 6.26. The second-order valence-corrected chi connectivity index (χ2v) is 6.74. The van der Waals surface area contributed by atoms with E-state index in [0.29, 0.717) is 12.5 Å². The molecule has 7 nitrogen and oxygen atoms in total. The molecule has 3 rings (SSSR count). The zero-order valence-electron chi connectivity index (χ0n) is 13.3. The van der Waals surface area contributed by atoms with Gasteiger partial charge in [0.2, 0.25) is 0 Å². The largest absolute Gasteiger partial charge is 0.332 e. The number of nitrogens with one attached hydrogen (secondary N) is 1. The van der Waals surface area contributed by atoms with Crippen molar-refractivity contribution in [3.8, 4) is 0 Å². The van der Waals surface area contributed by atoms with Crippen molar-refractivity contribution in [1.29, 1.82) is 0 Å². The molecule has 124 valence electrons. The maximum Gasteiger partial charge on any atom is 0.317 e. The van der Waals surface area contributed by atoms with Gasteiger partial charge in [0.05, 0.1) is 17.2 Å². The van der Waals surface area contributed by atoms with Gasteiger partial charge in [-0.25, -0.2) is 14.8 Å². The molecule has 8 heteroatoms. The highest BCUT2D eigenvalue weighted by Gasteiger charge is 2.23. The Kier molecular flexibility index (Phi) is 5.22. The number of hydrogen-bond donors (Lipinski definition) is 1. The molecular weight excluding hydrogens is 312 g/mol. The van der Waals surface area contributed by atoms with Gasteiger partial charge >= 0.3 is 6.03 Å². The smallest absolute Gasteiger partial charge is 0.317 e. The second kappa shape index (κ2) is 7.54. The first kappa shape index (κ1) is 15.9. The summed E-state index contributed by atoms with van der Waals surface area (Å²) in [5.41, 5.74) is 0.946. The zero-order chi connectivity index (χ0) is 16.1. The van der Waals surface area contributed by atoms with Crippen LogP contribution in [0.15, 0.2) is 18.0 Å². The van der Waals surface area contributed by atoms with E-state index in [9.17, 15) is 4.79 Å². The Labute approximate surface area is 139 Å². The number of piperidine rings is 1. The Bertz CT molecular complexity index is 618. The fourth-order valence-corrected chi connectivity index (χ4v) is 3.53. The lowest BCUT2D eigenvalue weighted by atomic mass is 9.97. The Morgan fingerprint density at radius 2 is 2.26 bits per heavy atom. The topological polar surface area (TPSA) is 75.9 Å². The predicted molar refractivity (Wildman–Crippen MR) is 88.0 cm³/mol. The summed E-state index contributed by atoms with van der Waals surface area (Å²) in [6, 6.07) is 0.00949.